The number of rotatable bonds is 2. The summed E-state index contributed by atoms with van der Waals surface area (Å²) in [5, 5.41) is 0. The summed E-state index contributed by atoms with van der Waals surface area (Å²) in [5.74, 6) is 0.235. The maximum Gasteiger partial charge on any atom is 0.254 e. The topological polar surface area (TPSA) is 23.6 Å². The van der Waals surface area contributed by atoms with Crippen LogP contribution in [-0.4, -0.2) is 37.0 Å². The summed E-state index contributed by atoms with van der Waals surface area (Å²) in [7, 11) is 4.04. The lowest BCUT2D eigenvalue weighted by atomic mass is 9.82. The molecule has 1 aromatic carbocycles. The number of nitrogens with zero attached hydrogens (tertiary/aromatic N) is 2. The van der Waals surface area contributed by atoms with Gasteiger partial charge in [-0.25, -0.2) is 0 Å². The summed E-state index contributed by atoms with van der Waals surface area (Å²) >= 11 is 0. The van der Waals surface area contributed by atoms with Gasteiger partial charge in [0.25, 0.3) is 5.91 Å². The van der Waals surface area contributed by atoms with Crippen LogP contribution in [0.3, 0.4) is 0 Å². The normalized spacial score (nSPS) is 26.3. The number of amides is 1. The number of hydrogen-bond donors (Lipinski definition) is 0. The van der Waals surface area contributed by atoms with Crippen molar-refractivity contribution in [3.63, 3.8) is 0 Å². The summed E-state index contributed by atoms with van der Waals surface area (Å²) in [6, 6.07) is 8.92. The predicted molar refractivity (Wildman–Crippen MR) is 93.9 cm³/mol. The zero-order valence-electron chi connectivity index (χ0n) is 14.2. The van der Waals surface area contributed by atoms with Crippen LogP contribution < -0.4 is 4.90 Å². The number of benzene rings is 1. The molecule has 0 aromatic heterocycles. The second kappa shape index (κ2) is 5.70. The largest absolute Gasteiger partial charge is 0.378 e. The monoisotopic (exact) mass is 310 g/mol. The van der Waals surface area contributed by atoms with E-state index in [2.05, 4.69) is 15.9 Å². The van der Waals surface area contributed by atoms with Crippen LogP contribution in [0.15, 0.2) is 35.4 Å². The Morgan fingerprint density at radius 2 is 1.78 bits per heavy atom. The fourth-order valence-electron chi connectivity index (χ4n) is 4.41. The quantitative estimate of drug-likeness (QED) is 0.771. The van der Waals surface area contributed by atoms with Crippen molar-refractivity contribution < 1.29 is 4.79 Å². The Balaban J connectivity index is 1.57. The smallest absolute Gasteiger partial charge is 0.254 e. The molecule has 23 heavy (non-hydrogen) atoms. The molecule has 3 aliphatic rings. The summed E-state index contributed by atoms with van der Waals surface area (Å²) < 4.78 is 0. The van der Waals surface area contributed by atoms with E-state index in [0.29, 0.717) is 12.1 Å². The Hall–Kier alpha value is -1.77. The van der Waals surface area contributed by atoms with Crippen LogP contribution in [0.2, 0.25) is 0 Å². The lowest BCUT2D eigenvalue weighted by molar-refractivity contribution is 0.0633. The molecule has 2 atom stereocenters. The van der Waals surface area contributed by atoms with Gasteiger partial charge in [-0.15, -0.1) is 0 Å². The van der Waals surface area contributed by atoms with Crippen LogP contribution in [0.1, 0.15) is 55.3 Å². The Labute approximate surface area is 139 Å². The van der Waals surface area contributed by atoms with Crippen LogP contribution in [0.25, 0.3) is 0 Å². The molecule has 2 bridgehead atoms. The van der Waals surface area contributed by atoms with Crippen molar-refractivity contribution in [2.45, 2.75) is 57.0 Å². The molecule has 1 aliphatic carbocycles. The minimum atomic E-state index is 0.235. The fourth-order valence-corrected chi connectivity index (χ4v) is 4.41. The number of carbonyl (C=O) groups is 1. The van der Waals surface area contributed by atoms with Crippen LogP contribution in [0.4, 0.5) is 5.69 Å². The van der Waals surface area contributed by atoms with Crippen molar-refractivity contribution in [2.24, 2.45) is 0 Å². The van der Waals surface area contributed by atoms with Crippen molar-refractivity contribution in [3.05, 3.63) is 41.0 Å². The van der Waals surface area contributed by atoms with E-state index in [0.717, 1.165) is 24.1 Å². The highest BCUT2D eigenvalue weighted by Gasteiger charge is 2.42. The molecule has 2 unspecified atom stereocenters. The summed E-state index contributed by atoms with van der Waals surface area (Å²) in [4.78, 5) is 17.3. The third-order valence-corrected chi connectivity index (χ3v) is 5.89. The highest BCUT2D eigenvalue weighted by Crippen LogP contribution is 2.43. The zero-order chi connectivity index (χ0) is 16.0. The number of anilines is 1. The predicted octanol–water partition coefficient (Wildman–Crippen LogP) is 4.00. The average molecular weight is 310 g/mol. The molecular formula is C20H26N2O. The van der Waals surface area contributed by atoms with Gasteiger partial charge in [0.15, 0.2) is 0 Å². The Kier molecular flexibility index (Phi) is 3.67. The van der Waals surface area contributed by atoms with Gasteiger partial charge in [0, 0.05) is 37.4 Å². The first-order valence-electron chi connectivity index (χ1n) is 8.93. The molecule has 3 fully saturated rings. The minimum Gasteiger partial charge on any atom is -0.378 e. The van der Waals surface area contributed by atoms with E-state index in [1.807, 2.05) is 32.3 Å². The van der Waals surface area contributed by atoms with E-state index in [9.17, 15) is 4.79 Å². The molecule has 1 saturated carbocycles. The Bertz CT molecular complexity index is 639. The molecule has 0 N–H and O–H groups in total. The van der Waals surface area contributed by atoms with Gasteiger partial charge >= 0.3 is 0 Å². The second-order valence-electron chi connectivity index (χ2n) is 7.51. The van der Waals surface area contributed by atoms with Gasteiger partial charge in [-0.05, 0) is 63.1 Å². The van der Waals surface area contributed by atoms with Crippen LogP contribution in [0, 0.1) is 0 Å². The van der Waals surface area contributed by atoms with Crippen molar-refractivity contribution in [3.8, 4) is 0 Å². The van der Waals surface area contributed by atoms with Gasteiger partial charge in [-0.3, -0.25) is 4.79 Å². The van der Waals surface area contributed by atoms with Crippen molar-refractivity contribution in [1.82, 2.24) is 4.90 Å². The first kappa shape index (κ1) is 14.8. The van der Waals surface area contributed by atoms with Crippen molar-refractivity contribution >= 4 is 11.6 Å². The highest BCUT2D eigenvalue weighted by atomic mass is 16.2. The van der Waals surface area contributed by atoms with E-state index in [1.165, 1.54) is 32.1 Å². The van der Waals surface area contributed by atoms with Gasteiger partial charge in [0.05, 0.1) is 0 Å². The second-order valence-corrected chi connectivity index (χ2v) is 7.51. The first-order chi connectivity index (χ1) is 11.1. The standard InChI is InChI=1S/C20H26N2O/c1-21(2)17-8-4-7-15(11-17)20(23)22-18-9-10-19(22)13-16(12-18)14-5-3-6-14/h4,7-8,11,18-19H,3,5-6,9-10,12-13H2,1-2H3. The summed E-state index contributed by atoms with van der Waals surface area (Å²) in [5.41, 5.74) is 5.34. The number of hydrogen-bond acceptors (Lipinski definition) is 2. The fraction of sp³-hybridized carbons (Fsp3) is 0.550. The van der Waals surface area contributed by atoms with Crippen LogP contribution in [0.5, 0.6) is 0 Å². The van der Waals surface area contributed by atoms with E-state index in [4.69, 9.17) is 0 Å². The van der Waals surface area contributed by atoms with Gasteiger partial charge in [-0.2, -0.15) is 0 Å². The molecule has 0 spiro atoms. The van der Waals surface area contributed by atoms with Gasteiger partial charge < -0.3 is 9.80 Å². The van der Waals surface area contributed by atoms with E-state index < -0.39 is 0 Å². The molecule has 0 radical (unpaired) electrons. The molecular weight excluding hydrogens is 284 g/mol. The Morgan fingerprint density at radius 1 is 1.09 bits per heavy atom. The number of fused-ring (bicyclic) bond motifs is 2. The number of carbonyl (C=O) groups excluding carboxylic acids is 1. The van der Waals surface area contributed by atoms with Crippen molar-refractivity contribution in [2.75, 3.05) is 19.0 Å². The van der Waals surface area contributed by atoms with E-state index in [1.54, 1.807) is 11.1 Å². The van der Waals surface area contributed by atoms with Crippen LogP contribution in [-0.2, 0) is 0 Å². The number of piperidine rings is 1. The van der Waals surface area contributed by atoms with E-state index in [-0.39, 0.29) is 5.91 Å². The molecule has 2 heterocycles. The third kappa shape index (κ3) is 2.56. The molecule has 2 aliphatic heterocycles. The lowest BCUT2D eigenvalue weighted by Gasteiger charge is -2.38. The molecule has 2 saturated heterocycles. The third-order valence-electron chi connectivity index (χ3n) is 5.89. The van der Waals surface area contributed by atoms with Gasteiger partial charge in [-0.1, -0.05) is 17.2 Å². The van der Waals surface area contributed by atoms with E-state index >= 15 is 0 Å². The SMILES string of the molecule is CN(C)c1cccc(C(=O)N2C3CCC2CC(=C2CCC2)C3)c1. The molecule has 122 valence electrons. The lowest BCUT2D eigenvalue weighted by Crippen LogP contribution is -2.45. The first-order valence-corrected chi connectivity index (χ1v) is 8.93. The average Bonchev–Trinajstić information content (AvgIpc) is 2.76. The molecule has 3 nitrogen and oxygen atoms in total. The molecule has 4 rings (SSSR count). The molecule has 1 amide bonds. The Morgan fingerprint density at radius 3 is 2.35 bits per heavy atom. The van der Waals surface area contributed by atoms with Gasteiger partial charge in [0.2, 0.25) is 0 Å². The maximum absolute atomic E-state index is 13.1. The molecule has 1 aromatic rings. The molecule has 3 heteroatoms. The minimum absolute atomic E-state index is 0.235. The zero-order valence-corrected chi connectivity index (χ0v) is 14.2. The summed E-state index contributed by atoms with van der Waals surface area (Å²) in [6.07, 6.45) is 8.62. The summed E-state index contributed by atoms with van der Waals surface area (Å²) in [6.45, 7) is 0. The van der Waals surface area contributed by atoms with Crippen molar-refractivity contribution in [1.29, 1.82) is 0 Å². The highest BCUT2D eigenvalue weighted by molar-refractivity contribution is 5.96. The van der Waals surface area contributed by atoms with Crippen LogP contribution >= 0.6 is 0 Å². The van der Waals surface area contributed by atoms with Gasteiger partial charge in [0.1, 0.15) is 0 Å². The maximum atomic E-state index is 13.1. The number of allylic oxidation sites excluding steroid dienone is 1.